The van der Waals surface area contributed by atoms with Crippen LogP contribution >= 0.6 is 0 Å². The molecular weight excluding hydrogens is 256 g/mol. The Hall–Kier alpha value is -0.860. The van der Waals surface area contributed by atoms with Crippen LogP contribution in [0.3, 0.4) is 0 Å². The Bertz CT molecular complexity index is 390. The normalized spacial score (nSPS) is 23.5. The number of rotatable bonds is 6. The van der Waals surface area contributed by atoms with Crippen LogP contribution in [-0.4, -0.2) is 24.5 Å². The van der Waals surface area contributed by atoms with Crippen molar-refractivity contribution in [1.82, 2.24) is 4.90 Å². The lowest BCUT2D eigenvalue weighted by molar-refractivity contribution is 0.226. The molecule has 2 nitrogen and oxygen atoms in total. The van der Waals surface area contributed by atoms with E-state index >= 15 is 0 Å². The fraction of sp³-hybridized carbons (Fsp3) is 0.684. The van der Waals surface area contributed by atoms with Crippen molar-refractivity contribution >= 4 is 0 Å². The lowest BCUT2D eigenvalue weighted by Gasteiger charge is -2.28. The number of benzene rings is 1. The highest BCUT2D eigenvalue weighted by Crippen LogP contribution is 2.24. The summed E-state index contributed by atoms with van der Waals surface area (Å²) < 4.78 is 0. The minimum absolute atomic E-state index is 0.154. The molecule has 1 heterocycles. The molecule has 2 heteroatoms. The second-order valence-corrected chi connectivity index (χ2v) is 6.80. The minimum atomic E-state index is 0.154. The molecule has 0 radical (unpaired) electrons. The predicted octanol–water partition coefficient (Wildman–Crippen LogP) is 4.22. The van der Waals surface area contributed by atoms with E-state index in [1.165, 1.54) is 50.8 Å². The van der Waals surface area contributed by atoms with Crippen molar-refractivity contribution in [3.05, 3.63) is 35.9 Å². The molecule has 0 saturated carbocycles. The van der Waals surface area contributed by atoms with Gasteiger partial charge in [-0.25, -0.2) is 0 Å². The molecule has 2 N–H and O–H groups in total. The van der Waals surface area contributed by atoms with Crippen LogP contribution in [0.25, 0.3) is 0 Å². The average molecular weight is 288 g/mol. The monoisotopic (exact) mass is 288 g/mol. The SMILES string of the molecule is CCCC1CCCN(CC(C)C(N)c2ccccc2)CC1. The maximum atomic E-state index is 6.44. The first-order chi connectivity index (χ1) is 10.2. The molecule has 1 aliphatic heterocycles. The van der Waals surface area contributed by atoms with Crippen LogP contribution in [-0.2, 0) is 0 Å². The van der Waals surface area contributed by atoms with Crippen LogP contribution in [0.2, 0.25) is 0 Å². The summed E-state index contributed by atoms with van der Waals surface area (Å²) in [5.74, 6) is 1.47. The van der Waals surface area contributed by atoms with E-state index in [0.29, 0.717) is 5.92 Å². The highest BCUT2D eigenvalue weighted by molar-refractivity contribution is 5.19. The number of hydrogen-bond acceptors (Lipinski definition) is 2. The van der Waals surface area contributed by atoms with Gasteiger partial charge in [0.25, 0.3) is 0 Å². The summed E-state index contributed by atoms with van der Waals surface area (Å²) in [4.78, 5) is 2.64. The molecule has 0 spiro atoms. The van der Waals surface area contributed by atoms with Crippen LogP contribution < -0.4 is 5.73 Å². The lowest BCUT2D eigenvalue weighted by atomic mass is 9.94. The Kier molecular flexibility index (Phi) is 6.72. The van der Waals surface area contributed by atoms with Crippen molar-refractivity contribution in [2.75, 3.05) is 19.6 Å². The largest absolute Gasteiger partial charge is 0.324 e. The van der Waals surface area contributed by atoms with Gasteiger partial charge >= 0.3 is 0 Å². The maximum absolute atomic E-state index is 6.44. The van der Waals surface area contributed by atoms with E-state index in [9.17, 15) is 0 Å². The number of hydrogen-bond donors (Lipinski definition) is 1. The van der Waals surface area contributed by atoms with Gasteiger partial charge in [-0.3, -0.25) is 0 Å². The molecule has 3 unspecified atom stereocenters. The van der Waals surface area contributed by atoms with Crippen LogP contribution in [0.1, 0.15) is 57.6 Å². The number of nitrogens with two attached hydrogens (primary N) is 1. The third-order valence-electron chi connectivity index (χ3n) is 4.98. The summed E-state index contributed by atoms with van der Waals surface area (Å²) in [5.41, 5.74) is 7.71. The molecule has 0 aromatic heterocycles. The second-order valence-electron chi connectivity index (χ2n) is 6.80. The summed E-state index contributed by atoms with van der Waals surface area (Å²) in [6, 6.07) is 10.7. The average Bonchev–Trinajstić information content (AvgIpc) is 2.73. The van der Waals surface area contributed by atoms with E-state index in [-0.39, 0.29) is 6.04 Å². The van der Waals surface area contributed by atoms with Crippen molar-refractivity contribution < 1.29 is 0 Å². The van der Waals surface area contributed by atoms with Gasteiger partial charge in [-0.05, 0) is 49.8 Å². The van der Waals surface area contributed by atoms with Crippen LogP contribution in [0.15, 0.2) is 30.3 Å². The molecule has 21 heavy (non-hydrogen) atoms. The van der Waals surface area contributed by atoms with Crippen molar-refractivity contribution in [3.63, 3.8) is 0 Å². The molecule has 1 saturated heterocycles. The number of nitrogens with zero attached hydrogens (tertiary/aromatic N) is 1. The molecule has 118 valence electrons. The molecular formula is C19H32N2. The van der Waals surface area contributed by atoms with Crippen molar-refractivity contribution in [3.8, 4) is 0 Å². The van der Waals surface area contributed by atoms with Crippen LogP contribution in [0, 0.1) is 11.8 Å². The van der Waals surface area contributed by atoms with E-state index in [2.05, 4.69) is 49.1 Å². The summed E-state index contributed by atoms with van der Waals surface area (Å²) in [6.45, 7) is 8.26. The minimum Gasteiger partial charge on any atom is -0.324 e. The lowest BCUT2D eigenvalue weighted by Crippen LogP contribution is -2.34. The topological polar surface area (TPSA) is 29.3 Å². The summed E-state index contributed by atoms with van der Waals surface area (Å²) in [6.07, 6.45) is 6.90. The van der Waals surface area contributed by atoms with Crippen LogP contribution in [0.5, 0.6) is 0 Å². The molecule has 0 bridgehead atoms. The third kappa shape index (κ3) is 5.12. The fourth-order valence-corrected chi connectivity index (χ4v) is 3.63. The quantitative estimate of drug-likeness (QED) is 0.849. The fourth-order valence-electron chi connectivity index (χ4n) is 3.63. The zero-order valence-corrected chi connectivity index (χ0v) is 13.8. The molecule has 3 atom stereocenters. The van der Waals surface area contributed by atoms with E-state index < -0.39 is 0 Å². The standard InChI is InChI=1S/C19H32N2/c1-3-8-17-9-7-13-21(14-12-17)15-16(2)19(20)18-10-5-4-6-11-18/h4-6,10-11,16-17,19H,3,7-9,12-15,20H2,1-2H3. The van der Waals surface area contributed by atoms with E-state index in [0.717, 1.165) is 12.5 Å². The first-order valence-corrected chi connectivity index (χ1v) is 8.73. The zero-order valence-electron chi connectivity index (χ0n) is 13.8. The first-order valence-electron chi connectivity index (χ1n) is 8.73. The van der Waals surface area contributed by atoms with Crippen molar-refractivity contribution in [2.24, 2.45) is 17.6 Å². The molecule has 0 aliphatic carbocycles. The summed E-state index contributed by atoms with van der Waals surface area (Å²) in [7, 11) is 0. The zero-order chi connectivity index (χ0) is 15.1. The summed E-state index contributed by atoms with van der Waals surface area (Å²) in [5, 5.41) is 0. The van der Waals surface area contributed by atoms with E-state index in [4.69, 9.17) is 5.73 Å². The molecule has 1 aliphatic rings. The highest BCUT2D eigenvalue weighted by atomic mass is 15.1. The maximum Gasteiger partial charge on any atom is 0.0333 e. The van der Waals surface area contributed by atoms with Gasteiger partial charge in [0.05, 0.1) is 0 Å². The first kappa shape index (κ1) is 16.5. The molecule has 0 amide bonds. The van der Waals surface area contributed by atoms with Crippen molar-refractivity contribution in [2.45, 2.75) is 52.0 Å². The van der Waals surface area contributed by atoms with Gasteiger partial charge in [0.15, 0.2) is 0 Å². The smallest absolute Gasteiger partial charge is 0.0333 e. The number of likely N-dealkylation sites (tertiary alicyclic amines) is 1. The van der Waals surface area contributed by atoms with Gasteiger partial charge in [0.2, 0.25) is 0 Å². The molecule has 1 fully saturated rings. The van der Waals surface area contributed by atoms with Crippen molar-refractivity contribution in [1.29, 1.82) is 0 Å². The van der Waals surface area contributed by atoms with Gasteiger partial charge in [-0.2, -0.15) is 0 Å². The summed E-state index contributed by atoms with van der Waals surface area (Å²) >= 11 is 0. The van der Waals surface area contributed by atoms with E-state index in [1.54, 1.807) is 0 Å². The van der Waals surface area contributed by atoms with Crippen LogP contribution in [0.4, 0.5) is 0 Å². The third-order valence-corrected chi connectivity index (χ3v) is 4.98. The Morgan fingerprint density at radius 1 is 1.19 bits per heavy atom. The van der Waals surface area contributed by atoms with Gasteiger partial charge in [0, 0.05) is 12.6 Å². The van der Waals surface area contributed by atoms with Gasteiger partial charge < -0.3 is 10.6 Å². The Labute approximate surface area is 130 Å². The Balaban J connectivity index is 1.83. The Morgan fingerprint density at radius 2 is 1.95 bits per heavy atom. The molecule has 2 rings (SSSR count). The predicted molar refractivity (Wildman–Crippen MR) is 91.2 cm³/mol. The highest BCUT2D eigenvalue weighted by Gasteiger charge is 2.21. The van der Waals surface area contributed by atoms with Gasteiger partial charge in [0.1, 0.15) is 0 Å². The Morgan fingerprint density at radius 3 is 2.67 bits per heavy atom. The van der Waals surface area contributed by atoms with Gasteiger partial charge in [-0.15, -0.1) is 0 Å². The second kappa shape index (κ2) is 8.55. The molecule has 1 aromatic carbocycles. The van der Waals surface area contributed by atoms with E-state index in [1.807, 2.05) is 0 Å². The molecule has 1 aromatic rings. The van der Waals surface area contributed by atoms with Gasteiger partial charge in [-0.1, -0.05) is 57.0 Å².